The lowest BCUT2D eigenvalue weighted by atomic mass is 10.3. The zero-order valence-corrected chi connectivity index (χ0v) is 13.5. The minimum atomic E-state index is -0.264. The lowest BCUT2D eigenvalue weighted by Crippen LogP contribution is -1.91. The van der Waals surface area contributed by atoms with Crippen LogP contribution in [0.3, 0.4) is 0 Å². The molecule has 3 nitrogen and oxygen atoms in total. The average molecular weight is 400 g/mol. The molecular formula is C14H10FIN2OS. The van der Waals surface area contributed by atoms with Crippen LogP contribution in [0.5, 0.6) is 5.88 Å². The molecule has 0 saturated carbocycles. The van der Waals surface area contributed by atoms with E-state index in [2.05, 4.69) is 32.9 Å². The molecule has 102 valence electrons. The summed E-state index contributed by atoms with van der Waals surface area (Å²) in [7, 11) is 1.59. The van der Waals surface area contributed by atoms with Crippen molar-refractivity contribution in [3.8, 4) is 5.88 Å². The van der Waals surface area contributed by atoms with Crippen molar-refractivity contribution in [3.05, 3.63) is 45.8 Å². The second-order valence-electron chi connectivity index (χ2n) is 4.11. The number of benzene rings is 1. The third-order valence-electron chi connectivity index (χ3n) is 2.76. The van der Waals surface area contributed by atoms with E-state index >= 15 is 0 Å². The highest BCUT2D eigenvalue weighted by molar-refractivity contribution is 14.1. The van der Waals surface area contributed by atoms with Gasteiger partial charge < -0.3 is 10.1 Å². The minimum absolute atomic E-state index is 0.264. The second kappa shape index (κ2) is 5.53. The molecule has 0 aliphatic rings. The fourth-order valence-corrected chi connectivity index (χ4v) is 3.19. The molecule has 6 heteroatoms. The largest absolute Gasteiger partial charge is 0.481 e. The van der Waals surface area contributed by atoms with Crippen LogP contribution >= 0.6 is 33.9 Å². The normalized spacial score (nSPS) is 10.8. The molecule has 0 fully saturated rings. The molecule has 1 N–H and O–H groups in total. The van der Waals surface area contributed by atoms with E-state index in [-0.39, 0.29) is 5.82 Å². The quantitative estimate of drug-likeness (QED) is 0.642. The van der Waals surface area contributed by atoms with Crippen LogP contribution in [0, 0.1) is 9.39 Å². The summed E-state index contributed by atoms with van der Waals surface area (Å²) in [5, 5.41) is 4.94. The SMILES string of the molecule is COc1ccc2cc(Nc3ccc(I)cc3F)sc2n1. The summed E-state index contributed by atoms with van der Waals surface area (Å²) in [5.41, 5.74) is 0.462. The lowest BCUT2D eigenvalue weighted by Gasteiger charge is -2.04. The van der Waals surface area contributed by atoms with Gasteiger partial charge in [0.05, 0.1) is 17.8 Å². The number of thiophene rings is 1. The number of methoxy groups -OCH3 is 1. The number of rotatable bonds is 3. The number of pyridine rings is 1. The Kier molecular flexibility index (Phi) is 3.75. The molecule has 3 aromatic rings. The number of anilines is 2. The maximum Gasteiger partial charge on any atom is 0.214 e. The van der Waals surface area contributed by atoms with Crippen molar-refractivity contribution in [1.29, 1.82) is 0 Å². The van der Waals surface area contributed by atoms with Gasteiger partial charge in [-0.2, -0.15) is 0 Å². The maximum atomic E-state index is 13.8. The fourth-order valence-electron chi connectivity index (χ4n) is 1.80. The Hall–Kier alpha value is -1.41. The zero-order chi connectivity index (χ0) is 14.1. The number of nitrogens with one attached hydrogen (secondary N) is 1. The fraction of sp³-hybridized carbons (Fsp3) is 0.0714. The summed E-state index contributed by atoms with van der Waals surface area (Å²) in [6.07, 6.45) is 0. The first kappa shape index (κ1) is 13.6. The molecule has 1 aromatic carbocycles. The minimum Gasteiger partial charge on any atom is -0.481 e. The second-order valence-corrected chi connectivity index (χ2v) is 6.38. The van der Waals surface area contributed by atoms with Crippen molar-refractivity contribution < 1.29 is 9.13 Å². The first-order valence-corrected chi connectivity index (χ1v) is 7.72. The molecule has 0 aliphatic carbocycles. The summed E-state index contributed by atoms with van der Waals surface area (Å²) in [6, 6.07) is 10.8. The van der Waals surface area contributed by atoms with Crippen LogP contribution in [0.25, 0.3) is 10.2 Å². The molecule has 0 radical (unpaired) electrons. The first-order valence-electron chi connectivity index (χ1n) is 5.82. The number of nitrogens with zero attached hydrogens (tertiary/aromatic N) is 1. The van der Waals surface area contributed by atoms with Gasteiger partial charge in [0, 0.05) is 15.0 Å². The number of ether oxygens (including phenoxy) is 1. The topological polar surface area (TPSA) is 34.1 Å². The van der Waals surface area contributed by atoms with Crippen LogP contribution < -0.4 is 10.1 Å². The van der Waals surface area contributed by atoms with E-state index in [1.807, 2.05) is 24.3 Å². The molecule has 0 bridgehead atoms. The standard InChI is InChI=1S/C14H10FIN2OS/c1-19-12-5-2-8-6-13(20-14(8)18-12)17-11-4-3-9(16)7-10(11)15/h2-7,17H,1H3. The molecule has 0 spiro atoms. The van der Waals surface area contributed by atoms with E-state index in [9.17, 15) is 4.39 Å². The van der Waals surface area contributed by atoms with Gasteiger partial charge in [-0.1, -0.05) is 11.3 Å². The van der Waals surface area contributed by atoms with Gasteiger partial charge in [0.25, 0.3) is 0 Å². The van der Waals surface area contributed by atoms with E-state index in [1.165, 1.54) is 17.4 Å². The Morgan fingerprint density at radius 1 is 1.25 bits per heavy atom. The van der Waals surface area contributed by atoms with Gasteiger partial charge in [-0.3, -0.25) is 0 Å². The predicted molar refractivity (Wildman–Crippen MR) is 88.6 cm³/mol. The first-order chi connectivity index (χ1) is 9.65. The van der Waals surface area contributed by atoms with Crippen LogP contribution in [0.4, 0.5) is 15.1 Å². The Balaban J connectivity index is 1.94. The van der Waals surface area contributed by atoms with Crippen LogP contribution in [-0.4, -0.2) is 12.1 Å². The Morgan fingerprint density at radius 3 is 2.85 bits per heavy atom. The summed E-state index contributed by atoms with van der Waals surface area (Å²) in [4.78, 5) is 5.21. The van der Waals surface area contributed by atoms with Gasteiger partial charge in [-0.25, -0.2) is 9.37 Å². The van der Waals surface area contributed by atoms with Gasteiger partial charge in [0.15, 0.2) is 0 Å². The van der Waals surface area contributed by atoms with E-state index < -0.39 is 0 Å². The monoisotopic (exact) mass is 400 g/mol. The van der Waals surface area contributed by atoms with Crippen LogP contribution in [0.15, 0.2) is 36.4 Å². The molecule has 3 rings (SSSR count). The van der Waals surface area contributed by atoms with E-state index in [1.54, 1.807) is 13.2 Å². The molecule has 2 aromatic heterocycles. The van der Waals surface area contributed by atoms with Crippen molar-refractivity contribution in [2.24, 2.45) is 0 Å². The predicted octanol–water partition coefficient (Wildman–Crippen LogP) is 4.79. The average Bonchev–Trinajstić information content (AvgIpc) is 2.83. The van der Waals surface area contributed by atoms with Gasteiger partial charge in [-0.15, -0.1) is 0 Å². The van der Waals surface area contributed by atoms with Gasteiger partial charge in [-0.05, 0) is 52.9 Å². The summed E-state index contributed by atoms with van der Waals surface area (Å²) in [6.45, 7) is 0. The van der Waals surface area contributed by atoms with E-state index in [4.69, 9.17) is 4.74 Å². The molecule has 2 heterocycles. The molecule has 20 heavy (non-hydrogen) atoms. The van der Waals surface area contributed by atoms with Gasteiger partial charge in [0.2, 0.25) is 5.88 Å². The van der Waals surface area contributed by atoms with Crippen molar-refractivity contribution in [3.63, 3.8) is 0 Å². The Labute approximate surface area is 132 Å². The molecule has 0 amide bonds. The summed E-state index contributed by atoms with van der Waals surface area (Å²) >= 11 is 3.55. The molecule has 0 unspecified atom stereocenters. The van der Waals surface area contributed by atoms with Crippen LogP contribution in [-0.2, 0) is 0 Å². The molecular weight excluding hydrogens is 390 g/mol. The zero-order valence-electron chi connectivity index (χ0n) is 10.5. The highest BCUT2D eigenvalue weighted by atomic mass is 127. The third kappa shape index (κ3) is 2.71. The molecule has 0 atom stereocenters. The van der Waals surface area contributed by atoms with Crippen molar-refractivity contribution >= 4 is 54.8 Å². The van der Waals surface area contributed by atoms with Crippen LogP contribution in [0.1, 0.15) is 0 Å². The highest BCUT2D eigenvalue weighted by Crippen LogP contribution is 2.32. The maximum absolute atomic E-state index is 13.8. The summed E-state index contributed by atoms with van der Waals surface area (Å²) in [5.74, 6) is 0.311. The van der Waals surface area contributed by atoms with Gasteiger partial charge in [0.1, 0.15) is 10.6 Å². The van der Waals surface area contributed by atoms with Crippen LogP contribution in [0.2, 0.25) is 0 Å². The molecule has 0 saturated heterocycles. The van der Waals surface area contributed by atoms with Gasteiger partial charge >= 0.3 is 0 Å². The molecule has 0 aliphatic heterocycles. The number of halogens is 2. The van der Waals surface area contributed by atoms with Crippen molar-refractivity contribution in [2.45, 2.75) is 0 Å². The van der Waals surface area contributed by atoms with E-state index in [0.717, 1.165) is 18.8 Å². The highest BCUT2D eigenvalue weighted by Gasteiger charge is 2.07. The third-order valence-corrected chi connectivity index (χ3v) is 4.39. The van der Waals surface area contributed by atoms with Crippen molar-refractivity contribution in [1.82, 2.24) is 4.98 Å². The van der Waals surface area contributed by atoms with Crippen molar-refractivity contribution in [2.75, 3.05) is 12.4 Å². The summed E-state index contributed by atoms with van der Waals surface area (Å²) < 4.78 is 19.8. The smallest absolute Gasteiger partial charge is 0.214 e. The number of fused-ring (bicyclic) bond motifs is 1. The van der Waals surface area contributed by atoms with E-state index in [0.29, 0.717) is 11.6 Å². The Morgan fingerprint density at radius 2 is 2.10 bits per heavy atom. The number of hydrogen-bond donors (Lipinski definition) is 1. The lowest BCUT2D eigenvalue weighted by molar-refractivity contribution is 0.400. The number of hydrogen-bond acceptors (Lipinski definition) is 4. The number of aromatic nitrogens is 1. The Bertz CT molecular complexity index is 775.